The molecule has 0 aliphatic rings. The molecule has 0 aliphatic heterocycles. The summed E-state index contributed by atoms with van der Waals surface area (Å²) in [5.41, 5.74) is 2.39. The summed E-state index contributed by atoms with van der Waals surface area (Å²) in [7, 11) is 0. The number of rotatable bonds is 10. The molecule has 2 rings (SSSR count). The number of carbonyl (C=O) groups excluding carboxylic acids is 2. The molecule has 0 spiro atoms. The molecule has 0 saturated carbocycles. The van der Waals surface area contributed by atoms with Crippen LogP contribution in [0.25, 0.3) is 0 Å². The van der Waals surface area contributed by atoms with Gasteiger partial charge in [0.1, 0.15) is 39.4 Å². The fraction of sp³-hybridized carbons (Fsp3) is 0.364. The van der Waals surface area contributed by atoms with E-state index in [0.717, 1.165) is 13.1 Å². The largest absolute Gasteiger partial charge is 0.460 e. The van der Waals surface area contributed by atoms with Crippen LogP contribution in [0, 0.1) is 0 Å². The predicted molar refractivity (Wildman–Crippen MR) is 104 cm³/mol. The number of esters is 2. The van der Waals surface area contributed by atoms with Crippen LogP contribution in [0.15, 0.2) is 60.7 Å². The first-order valence-electron chi connectivity index (χ1n) is 9.19. The molecular weight excluding hydrogens is 342 g/mol. The lowest BCUT2D eigenvalue weighted by molar-refractivity contribution is -0.953. The molecule has 144 valence electrons. The Bertz CT molecular complexity index is 652. The average Bonchev–Trinajstić information content (AvgIpc) is 2.63. The molecule has 0 bridgehead atoms. The van der Waals surface area contributed by atoms with E-state index in [1.165, 1.54) is 25.0 Å². The molecule has 0 unspecified atom stereocenters. The van der Waals surface area contributed by atoms with Crippen LogP contribution in [0.2, 0.25) is 0 Å². The van der Waals surface area contributed by atoms with Gasteiger partial charge in [0, 0.05) is 25.0 Å². The fourth-order valence-corrected chi connectivity index (χ4v) is 3.19. The van der Waals surface area contributed by atoms with Gasteiger partial charge in [0.25, 0.3) is 0 Å². The molecule has 0 atom stereocenters. The number of hydrogen-bond acceptors (Lipinski definition) is 4. The third kappa shape index (κ3) is 7.62. The first kappa shape index (κ1) is 20.6. The number of ether oxygens (including phenoxy) is 2. The molecule has 0 heterocycles. The van der Waals surface area contributed by atoms with Gasteiger partial charge in [-0.15, -0.1) is 0 Å². The van der Waals surface area contributed by atoms with Crippen molar-refractivity contribution in [3.05, 3.63) is 71.8 Å². The number of hydrogen-bond donors (Lipinski definition) is 0. The van der Waals surface area contributed by atoms with E-state index >= 15 is 0 Å². The summed E-state index contributed by atoms with van der Waals surface area (Å²) in [5.74, 6) is -0.569. The Morgan fingerprint density at radius 3 is 1.41 bits per heavy atom. The van der Waals surface area contributed by atoms with Gasteiger partial charge >= 0.3 is 11.9 Å². The first-order chi connectivity index (χ1) is 13.0. The van der Waals surface area contributed by atoms with Crippen LogP contribution >= 0.6 is 0 Å². The monoisotopic (exact) mass is 370 g/mol. The normalized spacial score (nSPS) is 11.0. The predicted octanol–water partition coefficient (Wildman–Crippen LogP) is 3.33. The highest BCUT2D eigenvalue weighted by atomic mass is 16.5. The lowest BCUT2D eigenvalue weighted by atomic mass is 10.1. The van der Waals surface area contributed by atoms with Crippen LogP contribution in [0.1, 0.15) is 25.0 Å². The Balaban J connectivity index is 2.25. The fourth-order valence-electron chi connectivity index (χ4n) is 3.19. The maximum Gasteiger partial charge on any atom is 0.302 e. The molecule has 0 radical (unpaired) electrons. The van der Waals surface area contributed by atoms with Crippen molar-refractivity contribution in [3.63, 3.8) is 0 Å². The van der Waals surface area contributed by atoms with Gasteiger partial charge in [0.05, 0.1) is 0 Å². The molecule has 2 aromatic carbocycles. The maximum absolute atomic E-state index is 11.3. The lowest BCUT2D eigenvalue weighted by Gasteiger charge is -2.38. The van der Waals surface area contributed by atoms with E-state index < -0.39 is 0 Å². The molecule has 5 nitrogen and oxygen atoms in total. The second kappa shape index (κ2) is 10.5. The quantitative estimate of drug-likeness (QED) is 0.475. The number of benzene rings is 2. The molecular formula is C22H28NO4+. The van der Waals surface area contributed by atoms with Crippen molar-refractivity contribution >= 4 is 11.9 Å². The molecule has 0 N–H and O–H groups in total. The van der Waals surface area contributed by atoms with E-state index in [9.17, 15) is 9.59 Å². The number of nitrogens with zero attached hydrogens (tertiary/aromatic N) is 1. The third-order valence-electron chi connectivity index (χ3n) is 4.46. The van der Waals surface area contributed by atoms with Crippen LogP contribution in [-0.4, -0.2) is 42.7 Å². The van der Waals surface area contributed by atoms with Crippen LogP contribution in [0.5, 0.6) is 0 Å². The highest BCUT2D eigenvalue weighted by Gasteiger charge is 2.29. The second-order valence-electron chi connectivity index (χ2n) is 6.76. The first-order valence-corrected chi connectivity index (χ1v) is 9.19. The summed E-state index contributed by atoms with van der Waals surface area (Å²) in [5, 5.41) is 0. The summed E-state index contributed by atoms with van der Waals surface area (Å²) < 4.78 is 11.1. The molecule has 2 aromatic rings. The van der Waals surface area contributed by atoms with Gasteiger partial charge in [0.15, 0.2) is 0 Å². The van der Waals surface area contributed by atoms with Crippen LogP contribution in [0.3, 0.4) is 0 Å². The van der Waals surface area contributed by atoms with Gasteiger partial charge in [-0.2, -0.15) is 0 Å². The smallest absolute Gasteiger partial charge is 0.302 e. The molecule has 27 heavy (non-hydrogen) atoms. The van der Waals surface area contributed by atoms with E-state index in [-0.39, 0.29) is 11.9 Å². The average molecular weight is 370 g/mol. The third-order valence-corrected chi connectivity index (χ3v) is 4.46. The molecule has 0 amide bonds. The van der Waals surface area contributed by atoms with Gasteiger partial charge in [-0.3, -0.25) is 9.59 Å². The zero-order valence-electron chi connectivity index (χ0n) is 16.1. The molecule has 0 aromatic heterocycles. The SMILES string of the molecule is CC(=O)OCC[N+](CCOC(C)=O)(Cc1ccccc1)Cc1ccccc1. The van der Waals surface area contributed by atoms with E-state index in [1.807, 2.05) is 36.4 Å². The Hall–Kier alpha value is -2.66. The van der Waals surface area contributed by atoms with E-state index in [2.05, 4.69) is 24.3 Å². The van der Waals surface area contributed by atoms with Crippen molar-refractivity contribution in [2.45, 2.75) is 26.9 Å². The highest BCUT2D eigenvalue weighted by molar-refractivity contribution is 5.66. The topological polar surface area (TPSA) is 52.6 Å². The van der Waals surface area contributed by atoms with Gasteiger partial charge < -0.3 is 14.0 Å². The van der Waals surface area contributed by atoms with Crippen LogP contribution in [0.4, 0.5) is 0 Å². The van der Waals surface area contributed by atoms with E-state index in [0.29, 0.717) is 30.8 Å². The molecule has 5 heteroatoms. The van der Waals surface area contributed by atoms with E-state index in [1.54, 1.807) is 0 Å². The minimum Gasteiger partial charge on any atom is -0.460 e. The van der Waals surface area contributed by atoms with Crippen molar-refractivity contribution < 1.29 is 23.5 Å². The molecule has 0 saturated heterocycles. The van der Waals surface area contributed by atoms with Gasteiger partial charge in [-0.25, -0.2) is 0 Å². The Kier molecular flexibility index (Phi) is 8.01. The summed E-state index contributed by atoms with van der Waals surface area (Å²) >= 11 is 0. The maximum atomic E-state index is 11.3. The van der Waals surface area contributed by atoms with Crippen molar-refractivity contribution in [1.82, 2.24) is 0 Å². The molecule has 0 aliphatic carbocycles. The number of quaternary nitrogens is 1. The van der Waals surface area contributed by atoms with Crippen molar-refractivity contribution in [3.8, 4) is 0 Å². The van der Waals surface area contributed by atoms with Crippen molar-refractivity contribution in [2.24, 2.45) is 0 Å². The summed E-state index contributed by atoms with van der Waals surface area (Å²) in [6, 6.07) is 20.4. The van der Waals surface area contributed by atoms with Crippen LogP contribution in [-0.2, 0) is 32.2 Å². The van der Waals surface area contributed by atoms with Gasteiger partial charge in [0.2, 0.25) is 0 Å². The highest BCUT2D eigenvalue weighted by Crippen LogP contribution is 2.20. The van der Waals surface area contributed by atoms with E-state index in [4.69, 9.17) is 9.47 Å². The Morgan fingerprint density at radius 1 is 0.704 bits per heavy atom. The second-order valence-corrected chi connectivity index (χ2v) is 6.76. The summed E-state index contributed by atoms with van der Waals surface area (Å²) in [4.78, 5) is 22.5. The van der Waals surface area contributed by atoms with Gasteiger partial charge in [-0.05, 0) is 0 Å². The lowest BCUT2D eigenvalue weighted by Crippen LogP contribution is -2.51. The van der Waals surface area contributed by atoms with Crippen molar-refractivity contribution in [2.75, 3.05) is 26.3 Å². The van der Waals surface area contributed by atoms with Crippen LogP contribution < -0.4 is 0 Å². The standard InChI is InChI=1S/C22H28NO4/c1-19(24)26-15-13-23(14-16-27-20(2)25,17-21-9-5-3-6-10-21)18-22-11-7-4-8-12-22/h3-12H,13-18H2,1-2H3/q+1. The zero-order chi connectivity index (χ0) is 19.5. The molecule has 0 fully saturated rings. The summed E-state index contributed by atoms with van der Waals surface area (Å²) in [6.07, 6.45) is 0. The zero-order valence-corrected chi connectivity index (χ0v) is 16.1. The minimum absolute atomic E-state index is 0.285. The number of carbonyl (C=O) groups is 2. The minimum atomic E-state index is -0.285. The Labute approximate surface area is 161 Å². The van der Waals surface area contributed by atoms with Crippen molar-refractivity contribution in [1.29, 1.82) is 0 Å². The van der Waals surface area contributed by atoms with Gasteiger partial charge in [-0.1, -0.05) is 60.7 Å². The summed E-state index contributed by atoms with van der Waals surface area (Å²) in [6.45, 7) is 6.31. The Morgan fingerprint density at radius 2 is 1.07 bits per heavy atom.